The number of benzene rings is 1. The van der Waals surface area contributed by atoms with E-state index in [1.807, 2.05) is 43.1 Å². The lowest BCUT2D eigenvalue weighted by molar-refractivity contribution is -0.135. The van der Waals surface area contributed by atoms with Gasteiger partial charge in [-0.15, -0.1) is 0 Å². The van der Waals surface area contributed by atoms with Crippen LogP contribution in [0.3, 0.4) is 0 Å². The Morgan fingerprint density at radius 3 is 2.38 bits per heavy atom. The summed E-state index contributed by atoms with van der Waals surface area (Å²) in [5.74, 6) is -0.0165. The van der Waals surface area contributed by atoms with E-state index in [-0.39, 0.29) is 23.8 Å². The molecule has 2 aliphatic heterocycles. The van der Waals surface area contributed by atoms with Gasteiger partial charge in [0.15, 0.2) is 0 Å². The molecule has 21 heavy (non-hydrogen) atoms. The quantitative estimate of drug-likeness (QED) is 0.835. The maximum Gasteiger partial charge on any atom is 0.228 e. The van der Waals surface area contributed by atoms with Crippen molar-refractivity contribution >= 4 is 11.8 Å². The fourth-order valence-corrected chi connectivity index (χ4v) is 3.48. The van der Waals surface area contributed by atoms with Crippen LogP contribution in [0.25, 0.3) is 0 Å². The van der Waals surface area contributed by atoms with E-state index in [2.05, 4.69) is 0 Å². The Bertz CT molecular complexity index is 546. The molecule has 2 amide bonds. The van der Waals surface area contributed by atoms with Crippen LogP contribution in [0, 0.1) is 12.8 Å². The van der Waals surface area contributed by atoms with Gasteiger partial charge in [0.2, 0.25) is 11.8 Å². The summed E-state index contributed by atoms with van der Waals surface area (Å²) in [6, 6.07) is 8.05. The van der Waals surface area contributed by atoms with E-state index in [1.165, 1.54) is 5.56 Å². The predicted octanol–water partition coefficient (Wildman–Crippen LogP) is 2.14. The van der Waals surface area contributed by atoms with Crippen molar-refractivity contribution in [2.75, 3.05) is 20.1 Å². The topological polar surface area (TPSA) is 40.6 Å². The van der Waals surface area contributed by atoms with Crippen LogP contribution in [0.4, 0.5) is 0 Å². The van der Waals surface area contributed by atoms with Gasteiger partial charge in [0.1, 0.15) is 0 Å². The summed E-state index contributed by atoms with van der Waals surface area (Å²) in [5.41, 5.74) is 2.25. The van der Waals surface area contributed by atoms with Crippen molar-refractivity contribution in [3.05, 3.63) is 35.4 Å². The number of hydrogen-bond donors (Lipinski definition) is 0. The van der Waals surface area contributed by atoms with E-state index in [0.29, 0.717) is 6.42 Å². The number of carbonyl (C=O) groups excluding carboxylic acids is 2. The zero-order valence-corrected chi connectivity index (χ0v) is 12.7. The minimum Gasteiger partial charge on any atom is -0.342 e. The number of rotatable bonds is 2. The first-order valence-corrected chi connectivity index (χ1v) is 7.69. The summed E-state index contributed by atoms with van der Waals surface area (Å²) in [4.78, 5) is 28.5. The van der Waals surface area contributed by atoms with Crippen LogP contribution in [0.5, 0.6) is 0 Å². The van der Waals surface area contributed by atoms with Crippen LogP contribution in [0.15, 0.2) is 24.3 Å². The second kappa shape index (κ2) is 5.51. The van der Waals surface area contributed by atoms with E-state index in [1.54, 1.807) is 4.90 Å². The fraction of sp³-hybridized carbons (Fsp3) is 0.529. The van der Waals surface area contributed by atoms with Gasteiger partial charge in [0, 0.05) is 26.6 Å². The third kappa shape index (κ3) is 2.55. The number of nitrogens with zero attached hydrogens (tertiary/aromatic N) is 2. The van der Waals surface area contributed by atoms with Gasteiger partial charge in [0.25, 0.3) is 0 Å². The van der Waals surface area contributed by atoms with Gasteiger partial charge in [-0.3, -0.25) is 9.59 Å². The van der Waals surface area contributed by atoms with E-state index in [4.69, 9.17) is 0 Å². The molecule has 0 saturated carbocycles. The van der Waals surface area contributed by atoms with Crippen molar-refractivity contribution in [1.82, 2.24) is 9.80 Å². The molecule has 2 atom stereocenters. The van der Waals surface area contributed by atoms with Gasteiger partial charge >= 0.3 is 0 Å². The number of likely N-dealkylation sites (tertiary alicyclic amines) is 2. The highest BCUT2D eigenvalue weighted by atomic mass is 16.2. The fourth-order valence-electron chi connectivity index (χ4n) is 3.48. The molecule has 4 nitrogen and oxygen atoms in total. The molecule has 2 fully saturated rings. The normalized spacial score (nSPS) is 25.7. The van der Waals surface area contributed by atoms with Gasteiger partial charge in [-0.2, -0.15) is 0 Å². The summed E-state index contributed by atoms with van der Waals surface area (Å²) < 4.78 is 0. The molecule has 0 aromatic heterocycles. The van der Waals surface area contributed by atoms with Crippen LogP contribution in [0.2, 0.25) is 0 Å². The molecule has 0 unspecified atom stereocenters. The molecule has 0 aliphatic carbocycles. The number of hydrogen-bond acceptors (Lipinski definition) is 2. The summed E-state index contributed by atoms with van der Waals surface area (Å²) in [5, 5.41) is 0. The van der Waals surface area contributed by atoms with Crippen LogP contribution in [0.1, 0.15) is 36.4 Å². The van der Waals surface area contributed by atoms with Gasteiger partial charge < -0.3 is 9.80 Å². The Kier molecular flexibility index (Phi) is 3.70. The molecule has 2 heterocycles. The van der Waals surface area contributed by atoms with Crippen LogP contribution in [-0.4, -0.2) is 41.8 Å². The van der Waals surface area contributed by atoms with E-state index >= 15 is 0 Å². The first-order valence-electron chi connectivity index (χ1n) is 7.69. The Morgan fingerprint density at radius 2 is 1.76 bits per heavy atom. The van der Waals surface area contributed by atoms with Crippen molar-refractivity contribution in [2.45, 2.75) is 32.2 Å². The Hall–Kier alpha value is -1.84. The lowest BCUT2D eigenvalue weighted by Gasteiger charge is -2.27. The standard InChI is InChI=1S/C17H22N2O2/c1-12-5-7-13(8-6-12)16-14(11-15(20)18(16)2)17(21)19-9-3-4-10-19/h5-8,14,16H,3-4,9-11H2,1-2H3/t14-,16-/m0/s1. The summed E-state index contributed by atoms with van der Waals surface area (Å²) >= 11 is 0. The SMILES string of the molecule is Cc1ccc([C@H]2[C@@H](C(=O)N3CCCC3)CC(=O)N2C)cc1. The molecule has 1 aromatic carbocycles. The second-order valence-corrected chi connectivity index (χ2v) is 6.20. The van der Waals surface area contributed by atoms with Crippen molar-refractivity contribution < 1.29 is 9.59 Å². The minimum absolute atomic E-state index is 0.0677. The zero-order valence-electron chi connectivity index (χ0n) is 12.7. The van der Waals surface area contributed by atoms with Gasteiger partial charge in [-0.1, -0.05) is 29.8 Å². The Morgan fingerprint density at radius 1 is 1.14 bits per heavy atom. The number of amides is 2. The maximum atomic E-state index is 12.7. The molecule has 112 valence electrons. The summed E-state index contributed by atoms with van der Waals surface area (Å²) in [6.45, 7) is 3.72. The van der Waals surface area contributed by atoms with Crippen molar-refractivity contribution in [3.63, 3.8) is 0 Å². The molecule has 0 bridgehead atoms. The predicted molar refractivity (Wildman–Crippen MR) is 80.6 cm³/mol. The Labute approximate surface area is 125 Å². The molecular formula is C17H22N2O2. The lowest BCUT2D eigenvalue weighted by atomic mass is 9.92. The summed E-state index contributed by atoms with van der Waals surface area (Å²) in [7, 11) is 1.81. The molecule has 0 spiro atoms. The van der Waals surface area contributed by atoms with E-state index in [9.17, 15) is 9.59 Å². The molecule has 0 N–H and O–H groups in total. The van der Waals surface area contributed by atoms with E-state index < -0.39 is 0 Å². The lowest BCUT2D eigenvalue weighted by Crippen LogP contribution is -2.36. The molecule has 3 rings (SSSR count). The molecule has 2 saturated heterocycles. The zero-order chi connectivity index (χ0) is 15.0. The van der Waals surface area contributed by atoms with Gasteiger partial charge in [-0.25, -0.2) is 0 Å². The number of carbonyl (C=O) groups is 2. The van der Waals surface area contributed by atoms with Gasteiger partial charge in [0.05, 0.1) is 12.0 Å². The highest BCUT2D eigenvalue weighted by Gasteiger charge is 2.44. The first kappa shape index (κ1) is 14.1. The number of aryl methyl sites for hydroxylation is 1. The average Bonchev–Trinajstić information content (AvgIpc) is 3.09. The highest BCUT2D eigenvalue weighted by molar-refractivity contribution is 5.90. The molecular weight excluding hydrogens is 264 g/mol. The van der Waals surface area contributed by atoms with Crippen molar-refractivity contribution in [1.29, 1.82) is 0 Å². The molecule has 0 radical (unpaired) electrons. The Balaban J connectivity index is 1.88. The van der Waals surface area contributed by atoms with Crippen LogP contribution >= 0.6 is 0 Å². The minimum atomic E-state index is -0.233. The van der Waals surface area contributed by atoms with Crippen molar-refractivity contribution in [2.24, 2.45) is 5.92 Å². The third-order valence-corrected chi connectivity index (χ3v) is 4.74. The van der Waals surface area contributed by atoms with Crippen LogP contribution < -0.4 is 0 Å². The summed E-state index contributed by atoms with van der Waals surface area (Å²) in [6.07, 6.45) is 2.50. The van der Waals surface area contributed by atoms with Crippen LogP contribution in [-0.2, 0) is 9.59 Å². The molecule has 4 heteroatoms. The third-order valence-electron chi connectivity index (χ3n) is 4.74. The maximum absolute atomic E-state index is 12.7. The average molecular weight is 286 g/mol. The van der Waals surface area contributed by atoms with Crippen molar-refractivity contribution in [3.8, 4) is 0 Å². The molecule has 1 aromatic rings. The largest absolute Gasteiger partial charge is 0.342 e. The smallest absolute Gasteiger partial charge is 0.228 e. The molecule has 2 aliphatic rings. The highest BCUT2D eigenvalue weighted by Crippen LogP contribution is 2.38. The van der Waals surface area contributed by atoms with Gasteiger partial charge in [-0.05, 0) is 25.3 Å². The second-order valence-electron chi connectivity index (χ2n) is 6.20. The van der Waals surface area contributed by atoms with E-state index in [0.717, 1.165) is 31.5 Å². The monoisotopic (exact) mass is 286 g/mol. The first-order chi connectivity index (χ1) is 10.1.